The van der Waals surface area contributed by atoms with E-state index >= 15 is 0 Å². The molecule has 0 spiro atoms. The lowest BCUT2D eigenvalue weighted by molar-refractivity contribution is -0.892. The van der Waals surface area contributed by atoms with Gasteiger partial charge in [-0.3, -0.25) is 4.79 Å². The number of anilines is 1. The van der Waals surface area contributed by atoms with Crippen molar-refractivity contribution in [2.24, 2.45) is 0 Å². The number of hydrogen-bond acceptors (Lipinski definition) is 5. The molecule has 0 bridgehead atoms. The number of quaternary nitrogens is 1. The number of piperazine rings is 1. The molecule has 2 saturated heterocycles. The van der Waals surface area contributed by atoms with Gasteiger partial charge in [-0.1, -0.05) is 6.07 Å². The van der Waals surface area contributed by atoms with Crippen molar-refractivity contribution in [2.45, 2.75) is 19.4 Å². The fraction of sp³-hybridized carbons (Fsp3) is 0.632. The van der Waals surface area contributed by atoms with Gasteiger partial charge in [-0.15, -0.1) is 0 Å². The van der Waals surface area contributed by atoms with Crippen molar-refractivity contribution in [1.29, 1.82) is 0 Å². The number of carbonyl (C=O) groups excluding carboxylic acids is 1. The monoisotopic (exact) mass is 396 g/mol. The first kappa shape index (κ1) is 19.9. The predicted molar refractivity (Wildman–Crippen MR) is 105 cm³/mol. The number of sulfone groups is 1. The van der Waals surface area contributed by atoms with E-state index in [1.165, 1.54) is 4.90 Å². The van der Waals surface area contributed by atoms with E-state index in [-0.39, 0.29) is 23.5 Å². The summed E-state index contributed by atoms with van der Waals surface area (Å²) in [6, 6.07) is 7.90. The zero-order valence-corrected chi connectivity index (χ0v) is 17.0. The summed E-state index contributed by atoms with van der Waals surface area (Å²) in [4.78, 5) is 18.1. The normalized spacial score (nSPS) is 22.6. The molecule has 1 amide bonds. The van der Waals surface area contributed by atoms with Gasteiger partial charge in [0.15, 0.2) is 16.4 Å². The second-order valence-electron chi connectivity index (χ2n) is 7.35. The lowest BCUT2D eigenvalue weighted by atomic mass is 10.2. The topological polar surface area (TPSA) is 71.4 Å². The highest BCUT2D eigenvalue weighted by atomic mass is 32.2. The molecule has 1 atom stereocenters. The van der Waals surface area contributed by atoms with Crippen molar-refractivity contribution >= 4 is 21.4 Å². The molecule has 2 aliphatic heterocycles. The number of methoxy groups -OCH3 is 1. The summed E-state index contributed by atoms with van der Waals surface area (Å²) >= 11 is 0. The Morgan fingerprint density at radius 3 is 2.67 bits per heavy atom. The van der Waals surface area contributed by atoms with Crippen LogP contribution in [0.25, 0.3) is 0 Å². The Hall–Kier alpha value is -1.80. The summed E-state index contributed by atoms with van der Waals surface area (Å²) in [7, 11) is -1.31. The standard InChI is InChI=1S/C19H29N3O4S/c1-3-22(17-7-12-27(24,25)15-17)19(23)14-20-8-10-21(11-9-20)16-5-4-6-18(13-16)26-2/h4-6,13,17H,3,7-12,14-15H2,1-2H3/p+1/t17-/m0/s1. The van der Waals surface area contributed by atoms with Crippen molar-refractivity contribution in [3.05, 3.63) is 24.3 Å². The quantitative estimate of drug-likeness (QED) is 0.698. The number of likely N-dealkylation sites (N-methyl/N-ethyl adjacent to an activating group) is 1. The Balaban J connectivity index is 1.53. The molecule has 0 unspecified atom stereocenters. The third-order valence-electron chi connectivity index (χ3n) is 5.60. The van der Waals surface area contributed by atoms with Gasteiger partial charge in [0, 0.05) is 24.3 Å². The lowest BCUT2D eigenvalue weighted by Crippen LogP contribution is -3.16. The maximum atomic E-state index is 12.8. The average molecular weight is 397 g/mol. The van der Waals surface area contributed by atoms with Gasteiger partial charge < -0.3 is 19.4 Å². The van der Waals surface area contributed by atoms with Gasteiger partial charge in [0.05, 0.1) is 44.8 Å². The fourth-order valence-corrected chi connectivity index (χ4v) is 5.77. The average Bonchev–Trinajstić information content (AvgIpc) is 3.02. The summed E-state index contributed by atoms with van der Waals surface area (Å²) in [5.41, 5.74) is 1.14. The van der Waals surface area contributed by atoms with Crippen LogP contribution in [0, 0.1) is 0 Å². The minimum Gasteiger partial charge on any atom is -0.497 e. The number of hydrogen-bond donors (Lipinski definition) is 1. The van der Waals surface area contributed by atoms with Crippen molar-refractivity contribution in [3.8, 4) is 5.75 Å². The van der Waals surface area contributed by atoms with Gasteiger partial charge in [0.25, 0.3) is 5.91 Å². The fourth-order valence-electron chi connectivity index (χ4n) is 4.04. The van der Waals surface area contributed by atoms with Crippen LogP contribution < -0.4 is 14.5 Å². The molecule has 8 heteroatoms. The molecule has 2 aliphatic rings. The SMILES string of the molecule is CCN(C(=O)C[NH+]1CCN(c2cccc(OC)c2)CC1)[C@H]1CCS(=O)(=O)C1. The van der Waals surface area contributed by atoms with E-state index in [4.69, 9.17) is 4.74 Å². The smallest absolute Gasteiger partial charge is 0.278 e. The number of benzene rings is 1. The number of amides is 1. The largest absolute Gasteiger partial charge is 0.497 e. The van der Waals surface area contributed by atoms with Gasteiger partial charge in [0.1, 0.15) is 5.75 Å². The summed E-state index contributed by atoms with van der Waals surface area (Å²) < 4.78 is 28.8. The van der Waals surface area contributed by atoms with Crippen LogP contribution in [-0.2, 0) is 14.6 Å². The van der Waals surface area contributed by atoms with Crippen LogP contribution in [0.15, 0.2) is 24.3 Å². The molecule has 1 aromatic rings. The minimum absolute atomic E-state index is 0.0735. The molecule has 0 radical (unpaired) electrons. The second kappa shape index (κ2) is 8.48. The first-order chi connectivity index (χ1) is 12.9. The molecule has 3 rings (SSSR count). The van der Waals surface area contributed by atoms with E-state index in [9.17, 15) is 13.2 Å². The van der Waals surface area contributed by atoms with Crippen molar-refractivity contribution in [1.82, 2.24) is 4.90 Å². The van der Waals surface area contributed by atoms with Crippen LogP contribution >= 0.6 is 0 Å². The molecule has 1 N–H and O–H groups in total. The van der Waals surface area contributed by atoms with Crippen molar-refractivity contribution in [2.75, 3.05) is 62.8 Å². The molecule has 0 aliphatic carbocycles. The molecule has 150 valence electrons. The molecule has 27 heavy (non-hydrogen) atoms. The van der Waals surface area contributed by atoms with Gasteiger partial charge in [-0.05, 0) is 25.5 Å². The second-order valence-corrected chi connectivity index (χ2v) is 9.58. The Morgan fingerprint density at radius 2 is 2.07 bits per heavy atom. The van der Waals surface area contributed by atoms with E-state index in [1.807, 2.05) is 25.1 Å². The predicted octanol–water partition coefficient (Wildman–Crippen LogP) is -0.564. The highest BCUT2D eigenvalue weighted by molar-refractivity contribution is 7.91. The molecule has 0 aromatic heterocycles. The van der Waals surface area contributed by atoms with E-state index in [2.05, 4.69) is 11.0 Å². The summed E-state index contributed by atoms with van der Waals surface area (Å²) in [5.74, 6) is 1.24. The first-order valence-corrected chi connectivity index (χ1v) is 11.5. The van der Waals surface area contributed by atoms with E-state index in [1.54, 1.807) is 12.0 Å². The van der Waals surface area contributed by atoms with Crippen LogP contribution in [0.5, 0.6) is 5.75 Å². The maximum Gasteiger partial charge on any atom is 0.278 e. The zero-order chi connectivity index (χ0) is 19.4. The number of nitrogens with zero attached hydrogens (tertiary/aromatic N) is 2. The molecule has 1 aromatic carbocycles. The minimum atomic E-state index is -2.98. The first-order valence-electron chi connectivity index (χ1n) is 9.64. The number of ether oxygens (including phenoxy) is 1. The van der Waals surface area contributed by atoms with E-state index in [0.29, 0.717) is 19.5 Å². The lowest BCUT2D eigenvalue weighted by Gasteiger charge is -2.35. The van der Waals surface area contributed by atoms with Crippen molar-refractivity contribution < 1.29 is 22.8 Å². The molecular weight excluding hydrogens is 366 g/mol. The maximum absolute atomic E-state index is 12.8. The molecular formula is C19H30N3O4S+. The Kier molecular flexibility index (Phi) is 6.26. The van der Waals surface area contributed by atoms with Crippen LogP contribution in [0.2, 0.25) is 0 Å². The van der Waals surface area contributed by atoms with Crippen LogP contribution in [0.1, 0.15) is 13.3 Å². The molecule has 7 nitrogen and oxygen atoms in total. The van der Waals surface area contributed by atoms with E-state index < -0.39 is 9.84 Å². The van der Waals surface area contributed by atoms with Crippen LogP contribution in [0.4, 0.5) is 5.69 Å². The molecule has 2 heterocycles. The summed E-state index contributed by atoms with van der Waals surface area (Å²) in [6.07, 6.45) is 0.570. The van der Waals surface area contributed by atoms with E-state index in [0.717, 1.165) is 37.6 Å². The van der Waals surface area contributed by atoms with Gasteiger partial charge in [-0.2, -0.15) is 0 Å². The molecule has 2 fully saturated rings. The Morgan fingerprint density at radius 1 is 1.33 bits per heavy atom. The van der Waals surface area contributed by atoms with Gasteiger partial charge in [-0.25, -0.2) is 8.42 Å². The summed E-state index contributed by atoms with van der Waals surface area (Å²) in [6.45, 7) is 6.50. The number of carbonyl (C=O) groups is 1. The Labute approximate surface area is 161 Å². The third-order valence-corrected chi connectivity index (χ3v) is 7.35. The number of rotatable bonds is 6. The molecule has 0 saturated carbocycles. The highest BCUT2D eigenvalue weighted by Gasteiger charge is 2.35. The zero-order valence-electron chi connectivity index (χ0n) is 16.2. The van der Waals surface area contributed by atoms with Crippen LogP contribution in [0.3, 0.4) is 0 Å². The third kappa shape index (κ3) is 4.93. The Bertz CT molecular complexity index is 760. The number of nitrogens with one attached hydrogen (secondary N) is 1. The van der Waals surface area contributed by atoms with Crippen molar-refractivity contribution in [3.63, 3.8) is 0 Å². The van der Waals surface area contributed by atoms with Gasteiger partial charge in [0.2, 0.25) is 0 Å². The van der Waals surface area contributed by atoms with Crippen LogP contribution in [-0.4, -0.2) is 83.2 Å². The summed E-state index contributed by atoms with van der Waals surface area (Å²) in [5, 5.41) is 0. The highest BCUT2D eigenvalue weighted by Crippen LogP contribution is 2.21. The van der Waals surface area contributed by atoms with Gasteiger partial charge >= 0.3 is 0 Å².